The van der Waals surface area contributed by atoms with E-state index in [0.717, 1.165) is 16.9 Å². The number of imide groups is 1. The summed E-state index contributed by atoms with van der Waals surface area (Å²) in [5, 5.41) is 5.56. The number of carbonyl (C=O) groups excluding carboxylic acids is 3. The number of amides is 4. The van der Waals surface area contributed by atoms with Crippen molar-refractivity contribution < 1.29 is 19.1 Å². The van der Waals surface area contributed by atoms with Crippen molar-refractivity contribution in [2.24, 2.45) is 0 Å². The third kappa shape index (κ3) is 5.17. The van der Waals surface area contributed by atoms with Gasteiger partial charge in [-0.3, -0.25) is 14.5 Å². The molecule has 2 N–H and O–H groups in total. The van der Waals surface area contributed by atoms with Gasteiger partial charge in [-0.25, -0.2) is 4.79 Å². The van der Waals surface area contributed by atoms with Crippen LogP contribution in [0.4, 0.5) is 4.79 Å². The predicted octanol–water partition coefficient (Wildman–Crippen LogP) is 2.82. The van der Waals surface area contributed by atoms with E-state index in [1.807, 2.05) is 61.5 Å². The lowest BCUT2D eigenvalue weighted by Gasteiger charge is -2.21. The minimum atomic E-state index is -0.670. The molecule has 158 valence electrons. The molecule has 7 nitrogen and oxygen atoms in total. The van der Waals surface area contributed by atoms with Gasteiger partial charge in [-0.05, 0) is 43.0 Å². The smallest absolute Gasteiger partial charge is 0.325 e. The molecule has 1 aliphatic rings. The summed E-state index contributed by atoms with van der Waals surface area (Å²) < 4.78 is 5.13. The van der Waals surface area contributed by atoms with Gasteiger partial charge >= 0.3 is 6.03 Å². The Morgan fingerprint density at radius 1 is 1.13 bits per heavy atom. The number of urea groups is 1. The summed E-state index contributed by atoms with van der Waals surface area (Å²) in [7, 11) is 1.62. The highest BCUT2D eigenvalue weighted by molar-refractivity contribution is 6.04. The number of methoxy groups -OCH3 is 1. The number of carbonyl (C=O) groups is 3. The van der Waals surface area contributed by atoms with Crippen LogP contribution >= 0.6 is 0 Å². The van der Waals surface area contributed by atoms with Crippen LogP contribution in [-0.2, 0) is 16.0 Å². The van der Waals surface area contributed by atoms with E-state index in [-0.39, 0.29) is 30.7 Å². The summed E-state index contributed by atoms with van der Waals surface area (Å²) in [5.74, 6) is 0.365. The van der Waals surface area contributed by atoms with E-state index in [0.29, 0.717) is 13.0 Å². The number of nitrogens with zero attached hydrogens (tertiary/aromatic N) is 1. The Hall–Kier alpha value is -3.35. The molecule has 2 aromatic rings. The van der Waals surface area contributed by atoms with Crippen LogP contribution in [0.15, 0.2) is 54.6 Å². The van der Waals surface area contributed by atoms with Crippen molar-refractivity contribution >= 4 is 17.8 Å². The second kappa shape index (κ2) is 9.91. The monoisotopic (exact) mass is 409 g/mol. The molecule has 0 radical (unpaired) electrons. The topological polar surface area (TPSA) is 87.7 Å². The van der Waals surface area contributed by atoms with Crippen LogP contribution in [0.3, 0.4) is 0 Å². The second-order valence-corrected chi connectivity index (χ2v) is 7.28. The standard InChI is InChI=1S/C23H27N3O4/c1-16(18-6-4-3-5-7-18)26-22(28)20(25-23(26)29)12-13-21(27)24-15-14-17-8-10-19(30-2)11-9-17/h3-11,16,20H,12-15H2,1-2H3,(H,24,27)(H,25,29)/t16-,20+/m1/s1. The van der Waals surface area contributed by atoms with Gasteiger partial charge in [0.25, 0.3) is 5.91 Å². The molecular weight excluding hydrogens is 382 g/mol. The lowest BCUT2D eigenvalue weighted by molar-refractivity contribution is -0.129. The maximum atomic E-state index is 12.7. The van der Waals surface area contributed by atoms with Gasteiger partial charge in [0.2, 0.25) is 5.91 Å². The van der Waals surface area contributed by atoms with Crippen molar-refractivity contribution in [1.82, 2.24) is 15.5 Å². The Morgan fingerprint density at radius 2 is 1.83 bits per heavy atom. The van der Waals surface area contributed by atoms with E-state index in [9.17, 15) is 14.4 Å². The number of rotatable bonds is 9. The van der Waals surface area contributed by atoms with Crippen molar-refractivity contribution in [2.75, 3.05) is 13.7 Å². The maximum Gasteiger partial charge on any atom is 0.325 e. The molecule has 30 heavy (non-hydrogen) atoms. The highest BCUT2D eigenvalue weighted by Gasteiger charge is 2.40. The Labute approximate surface area is 176 Å². The van der Waals surface area contributed by atoms with E-state index in [2.05, 4.69) is 10.6 Å². The third-order valence-corrected chi connectivity index (χ3v) is 5.28. The Bertz CT molecular complexity index is 883. The van der Waals surface area contributed by atoms with Gasteiger partial charge < -0.3 is 15.4 Å². The lowest BCUT2D eigenvalue weighted by atomic mass is 10.1. The van der Waals surface area contributed by atoms with Crippen molar-refractivity contribution in [2.45, 2.75) is 38.3 Å². The van der Waals surface area contributed by atoms with E-state index >= 15 is 0 Å². The van der Waals surface area contributed by atoms with Gasteiger partial charge in [0.1, 0.15) is 11.8 Å². The molecule has 3 rings (SSSR count). The van der Waals surface area contributed by atoms with E-state index in [1.165, 1.54) is 4.90 Å². The predicted molar refractivity (Wildman–Crippen MR) is 113 cm³/mol. The number of benzene rings is 2. The summed E-state index contributed by atoms with van der Waals surface area (Å²) >= 11 is 0. The first-order valence-electron chi connectivity index (χ1n) is 10.1. The highest BCUT2D eigenvalue weighted by Crippen LogP contribution is 2.25. The number of hydrogen-bond acceptors (Lipinski definition) is 4. The zero-order chi connectivity index (χ0) is 21.5. The molecule has 0 saturated carbocycles. The fourth-order valence-electron chi connectivity index (χ4n) is 3.49. The summed E-state index contributed by atoms with van der Waals surface area (Å²) in [6, 6.07) is 15.6. The average Bonchev–Trinajstić information content (AvgIpc) is 3.06. The van der Waals surface area contributed by atoms with Crippen LogP contribution in [0, 0.1) is 0 Å². The first-order valence-corrected chi connectivity index (χ1v) is 10.1. The fraction of sp³-hybridized carbons (Fsp3) is 0.348. The Morgan fingerprint density at radius 3 is 2.50 bits per heavy atom. The molecule has 1 saturated heterocycles. The van der Waals surface area contributed by atoms with Crippen LogP contribution in [0.5, 0.6) is 5.75 Å². The molecular formula is C23H27N3O4. The van der Waals surface area contributed by atoms with Crippen molar-refractivity contribution in [3.05, 3.63) is 65.7 Å². The van der Waals surface area contributed by atoms with Gasteiger partial charge in [-0.1, -0.05) is 42.5 Å². The largest absolute Gasteiger partial charge is 0.497 e. The normalized spacial score (nSPS) is 16.9. The van der Waals surface area contributed by atoms with Crippen LogP contribution in [-0.4, -0.2) is 42.4 Å². The second-order valence-electron chi connectivity index (χ2n) is 7.28. The summed E-state index contributed by atoms with van der Waals surface area (Å²) in [4.78, 5) is 38.4. The van der Waals surface area contributed by atoms with Gasteiger partial charge in [0.15, 0.2) is 0 Å². The molecule has 4 amide bonds. The zero-order valence-corrected chi connectivity index (χ0v) is 17.3. The molecule has 0 bridgehead atoms. The minimum absolute atomic E-state index is 0.139. The molecule has 2 atom stereocenters. The number of ether oxygens (including phenoxy) is 1. The van der Waals surface area contributed by atoms with Crippen molar-refractivity contribution in [3.8, 4) is 5.75 Å². The summed E-state index contributed by atoms with van der Waals surface area (Å²) in [6.45, 7) is 2.33. The SMILES string of the molecule is COc1ccc(CCNC(=O)CC[C@@H]2NC(=O)N([C@H](C)c3ccccc3)C2=O)cc1. The molecule has 7 heteroatoms. The first kappa shape index (κ1) is 21.4. The molecule has 0 aromatic heterocycles. The minimum Gasteiger partial charge on any atom is -0.497 e. The maximum absolute atomic E-state index is 12.7. The first-order chi connectivity index (χ1) is 14.5. The van der Waals surface area contributed by atoms with E-state index in [4.69, 9.17) is 4.74 Å². The third-order valence-electron chi connectivity index (χ3n) is 5.28. The fourth-order valence-corrected chi connectivity index (χ4v) is 3.49. The molecule has 1 fully saturated rings. The Balaban J connectivity index is 1.44. The van der Waals surface area contributed by atoms with Gasteiger partial charge in [0, 0.05) is 13.0 Å². The molecule has 0 spiro atoms. The van der Waals surface area contributed by atoms with Gasteiger partial charge in [-0.15, -0.1) is 0 Å². The van der Waals surface area contributed by atoms with Crippen molar-refractivity contribution in [1.29, 1.82) is 0 Å². The molecule has 0 aliphatic carbocycles. The number of nitrogens with one attached hydrogen (secondary N) is 2. The zero-order valence-electron chi connectivity index (χ0n) is 17.3. The summed E-state index contributed by atoms with van der Waals surface area (Å²) in [6.07, 6.45) is 1.15. The Kier molecular flexibility index (Phi) is 7.06. The van der Waals surface area contributed by atoms with Gasteiger partial charge in [-0.2, -0.15) is 0 Å². The van der Waals surface area contributed by atoms with Crippen LogP contribution < -0.4 is 15.4 Å². The molecule has 1 aliphatic heterocycles. The van der Waals surface area contributed by atoms with E-state index < -0.39 is 12.1 Å². The van der Waals surface area contributed by atoms with Crippen LogP contribution in [0.2, 0.25) is 0 Å². The highest BCUT2D eigenvalue weighted by atomic mass is 16.5. The quantitative estimate of drug-likeness (QED) is 0.624. The van der Waals surface area contributed by atoms with Crippen LogP contribution in [0.1, 0.15) is 36.9 Å². The molecule has 1 heterocycles. The number of hydrogen-bond donors (Lipinski definition) is 2. The van der Waals surface area contributed by atoms with E-state index in [1.54, 1.807) is 7.11 Å². The van der Waals surface area contributed by atoms with Crippen LogP contribution in [0.25, 0.3) is 0 Å². The molecule has 0 unspecified atom stereocenters. The average molecular weight is 409 g/mol. The van der Waals surface area contributed by atoms with Crippen molar-refractivity contribution in [3.63, 3.8) is 0 Å². The molecule has 2 aromatic carbocycles. The lowest BCUT2D eigenvalue weighted by Crippen LogP contribution is -2.34. The summed E-state index contributed by atoms with van der Waals surface area (Å²) in [5.41, 5.74) is 1.98. The van der Waals surface area contributed by atoms with Gasteiger partial charge in [0.05, 0.1) is 13.2 Å².